The van der Waals surface area contributed by atoms with Crippen molar-refractivity contribution in [3.63, 3.8) is 0 Å². The number of amides is 1. The van der Waals surface area contributed by atoms with Crippen molar-refractivity contribution in [3.05, 3.63) is 0 Å². The number of hydrogen-bond donors (Lipinski definition) is 1. The van der Waals surface area contributed by atoms with Crippen molar-refractivity contribution in [1.29, 1.82) is 0 Å². The van der Waals surface area contributed by atoms with Crippen LogP contribution in [-0.4, -0.2) is 35.0 Å². The van der Waals surface area contributed by atoms with Gasteiger partial charge in [0.05, 0.1) is 0 Å². The zero-order valence-electron chi connectivity index (χ0n) is 10.1. The molecule has 1 amide bonds. The summed E-state index contributed by atoms with van der Waals surface area (Å²) in [5.74, 6) is -0.273. The molecule has 1 saturated carbocycles. The highest BCUT2D eigenvalue weighted by Gasteiger charge is 2.28. The average molecular weight is 227 g/mol. The molecule has 0 aliphatic heterocycles. The number of carboxylic acid groups (broad SMARTS) is 1. The molecule has 16 heavy (non-hydrogen) atoms. The number of carbonyl (C=O) groups excluding carboxylic acids is 1. The van der Waals surface area contributed by atoms with Gasteiger partial charge in [0, 0.05) is 12.5 Å². The first-order chi connectivity index (χ1) is 7.54. The van der Waals surface area contributed by atoms with Gasteiger partial charge in [0.15, 0.2) is 0 Å². The van der Waals surface area contributed by atoms with Crippen LogP contribution in [-0.2, 0) is 9.59 Å². The first kappa shape index (κ1) is 13.0. The van der Waals surface area contributed by atoms with E-state index >= 15 is 0 Å². The molecule has 1 rings (SSSR count). The van der Waals surface area contributed by atoms with Gasteiger partial charge in [-0.25, -0.2) is 0 Å². The molecule has 0 bridgehead atoms. The van der Waals surface area contributed by atoms with Gasteiger partial charge in [-0.1, -0.05) is 19.8 Å². The summed E-state index contributed by atoms with van der Waals surface area (Å²) in [5.41, 5.74) is 0. The third-order valence-electron chi connectivity index (χ3n) is 3.31. The van der Waals surface area contributed by atoms with E-state index in [1.54, 1.807) is 0 Å². The minimum Gasteiger partial charge on any atom is -0.480 e. The third kappa shape index (κ3) is 3.51. The Bertz CT molecular complexity index is 265. The molecule has 0 spiro atoms. The maximum atomic E-state index is 12.1. The predicted octanol–water partition coefficient (Wildman–Crippen LogP) is 1.75. The summed E-state index contributed by atoms with van der Waals surface area (Å²) in [6, 6.07) is 0. The summed E-state index contributed by atoms with van der Waals surface area (Å²) >= 11 is 0. The summed E-state index contributed by atoms with van der Waals surface area (Å²) in [7, 11) is 0. The summed E-state index contributed by atoms with van der Waals surface area (Å²) < 4.78 is 0. The van der Waals surface area contributed by atoms with Gasteiger partial charge < -0.3 is 10.0 Å². The Hall–Kier alpha value is -1.06. The maximum absolute atomic E-state index is 12.1. The molecular weight excluding hydrogens is 206 g/mol. The van der Waals surface area contributed by atoms with Crippen molar-refractivity contribution in [2.45, 2.75) is 39.5 Å². The van der Waals surface area contributed by atoms with E-state index in [9.17, 15) is 9.59 Å². The molecule has 0 saturated heterocycles. The molecule has 0 aromatic rings. The quantitative estimate of drug-likeness (QED) is 0.796. The lowest BCUT2D eigenvalue weighted by molar-refractivity contribution is -0.146. The van der Waals surface area contributed by atoms with Gasteiger partial charge in [-0.3, -0.25) is 9.59 Å². The van der Waals surface area contributed by atoms with Crippen molar-refractivity contribution >= 4 is 11.9 Å². The number of carbonyl (C=O) groups is 2. The third-order valence-corrected chi connectivity index (χ3v) is 3.31. The maximum Gasteiger partial charge on any atom is 0.323 e. The van der Waals surface area contributed by atoms with Crippen molar-refractivity contribution in [3.8, 4) is 0 Å². The van der Waals surface area contributed by atoms with Crippen LogP contribution in [0.3, 0.4) is 0 Å². The van der Waals surface area contributed by atoms with E-state index in [0.717, 1.165) is 19.3 Å². The fourth-order valence-electron chi connectivity index (χ4n) is 2.43. The lowest BCUT2D eigenvalue weighted by atomic mass is 9.82. The van der Waals surface area contributed by atoms with Crippen LogP contribution in [0.5, 0.6) is 0 Å². The largest absolute Gasteiger partial charge is 0.480 e. The molecule has 0 unspecified atom stereocenters. The van der Waals surface area contributed by atoms with Crippen LogP contribution in [0, 0.1) is 11.8 Å². The first-order valence-corrected chi connectivity index (χ1v) is 6.05. The van der Waals surface area contributed by atoms with Gasteiger partial charge in [0.1, 0.15) is 6.54 Å². The number of likely N-dealkylation sites (N-methyl/N-ethyl adjacent to an activating group) is 1. The monoisotopic (exact) mass is 227 g/mol. The fraction of sp³-hybridized carbons (Fsp3) is 0.833. The molecule has 4 heteroatoms. The Morgan fingerprint density at radius 1 is 1.38 bits per heavy atom. The van der Waals surface area contributed by atoms with Crippen LogP contribution < -0.4 is 0 Å². The van der Waals surface area contributed by atoms with E-state index < -0.39 is 5.97 Å². The summed E-state index contributed by atoms with van der Waals surface area (Å²) in [6.07, 6.45) is 4.10. The Labute approximate surface area is 96.6 Å². The Kier molecular flexibility index (Phi) is 4.77. The number of rotatable bonds is 4. The van der Waals surface area contributed by atoms with Gasteiger partial charge in [0.2, 0.25) is 5.91 Å². The highest BCUT2D eigenvalue weighted by Crippen LogP contribution is 2.29. The topological polar surface area (TPSA) is 57.6 Å². The van der Waals surface area contributed by atoms with Crippen molar-refractivity contribution < 1.29 is 14.7 Å². The Morgan fingerprint density at radius 2 is 2.06 bits per heavy atom. The second-order valence-corrected chi connectivity index (χ2v) is 4.71. The zero-order chi connectivity index (χ0) is 12.1. The molecule has 1 N–H and O–H groups in total. The van der Waals surface area contributed by atoms with Crippen molar-refractivity contribution in [2.24, 2.45) is 11.8 Å². The molecule has 92 valence electrons. The molecule has 1 aliphatic rings. The van der Waals surface area contributed by atoms with E-state index in [1.165, 1.54) is 11.3 Å². The molecule has 0 heterocycles. The fourth-order valence-corrected chi connectivity index (χ4v) is 2.43. The van der Waals surface area contributed by atoms with E-state index in [2.05, 4.69) is 6.92 Å². The normalized spacial score (nSPS) is 25.1. The summed E-state index contributed by atoms with van der Waals surface area (Å²) in [6.45, 7) is 4.30. The minimum absolute atomic E-state index is 0.0245. The van der Waals surface area contributed by atoms with Crippen LogP contribution in [0.25, 0.3) is 0 Å². The predicted molar refractivity (Wildman–Crippen MR) is 61.0 cm³/mol. The molecule has 0 aromatic carbocycles. The van der Waals surface area contributed by atoms with E-state index in [4.69, 9.17) is 5.11 Å². The zero-order valence-corrected chi connectivity index (χ0v) is 10.1. The minimum atomic E-state index is -0.931. The molecule has 0 radical (unpaired) electrons. The van der Waals surface area contributed by atoms with E-state index in [-0.39, 0.29) is 18.4 Å². The standard InChI is InChI=1S/C12H21NO3/c1-3-13(8-11(14)15)12(16)10-6-4-5-9(2)7-10/h9-10H,3-8H2,1-2H3,(H,14,15)/t9-,10+/m0/s1. The van der Waals surface area contributed by atoms with Gasteiger partial charge in [-0.2, -0.15) is 0 Å². The summed E-state index contributed by atoms with van der Waals surface area (Å²) in [4.78, 5) is 24.1. The molecule has 1 fully saturated rings. The molecule has 1 aliphatic carbocycles. The Balaban J connectivity index is 2.56. The SMILES string of the molecule is CCN(CC(=O)O)C(=O)[C@@H]1CCC[C@H](C)C1. The second-order valence-electron chi connectivity index (χ2n) is 4.71. The van der Waals surface area contributed by atoms with Gasteiger partial charge >= 0.3 is 5.97 Å². The van der Waals surface area contributed by atoms with Crippen LogP contribution in [0.15, 0.2) is 0 Å². The Morgan fingerprint density at radius 3 is 2.56 bits per heavy atom. The smallest absolute Gasteiger partial charge is 0.323 e. The highest BCUT2D eigenvalue weighted by atomic mass is 16.4. The van der Waals surface area contributed by atoms with Crippen LogP contribution in [0.4, 0.5) is 0 Å². The first-order valence-electron chi connectivity index (χ1n) is 6.05. The molecular formula is C12H21NO3. The lowest BCUT2D eigenvalue weighted by Gasteiger charge is -2.30. The highest BCUT2D eigenvalue weighted by molar-refractivity contribution is 5.83. The van der Waals surface area contributed by atoms with Crippen molar-refractivity contribution in [2.75, 3.05) is 13.1 Å². The number of nitrogens with zero attached hydrogens (tertiary/aromatic N) is 1. The molecule has 4 nitrogen and oxygen atoms in total. The van der Waals surface area contributed by atoms with E-state index in [0.29, 0.717) is 12.5 Å². The molecule has 0 aromatic heterocycles. The van der Waals surface area contributed by atoms with E-state index in [1.807, 2.05) is 6.92 Å². The van der Waals surface area contributed by atoms with Gasteiger partial charge in [0.25, 0.3) is 0 Å². The number of aliphatic carboxylic acids is 1. The lowest BCUT2D eigenvalue weighted by Crippen LogP contribution is -2.40. The average Bonchev–Trinajstić information content (AvgIpc) is 2.24. The van der Waals surface area contributed by atoms with Crippen molar-refractivity contribution in [1.82, 2.24) is 4.90 Å². The van der Waals surface area contributed by atoms with Crippen LogP contribution >= 0.6 is 0 Å². The van der Waals surface area contributed by atoms with Crippen LogP contribution in [0.2, 0.25) is 0 Å². The molecule has 2 atom stereocenters. The number of carboxylic acids is 1. The number of hydrogen-bond acceptors (Lipinski definition) is 2. The second kappa shape index (κ2) is 5.87. The van der Waals surface area contributed by atoms with Crippen LogP contribution in [0.1, 0.15) is 39.5 Å². The van der Waals surface area contributed by atoms with Gasteiger partial charge in [-0.15, -0.1) is 0 Å². The summed E-state index contributed by atoms with van der Waals surface area (Å²) in [5, 5.41) is 8.72. The van der Waals surface area contributed by atoms with Gasteiger partial charge in [-0.05, 0) is 25.7 Å².